The van der Waals surface area contributed by atoms with Crippen LogP contribution in [-0.4, -0.2) is 6.04 Å². The van der Waals surface area contributed by atoms with E-state index in [-0.39, 0.29) is 5.41 Å². The maximum Gasteiger partial charge on any atom is 0.00523 e. The standard InChI is InChI=1S/C15H23N/c1-14(2)9-13(16)10-15(3,11-14)12-7-5-4-6-8-12/h4-8,13H,9-11,16H2,1-3H3. The normalized spacial score (nSPS) is 33.6. The van der Waals surface area contributed by atoms with Gasteiger partial charge in [-0.05, 0) is 35.7 Å². The lowest BCUT2D eigenvalue weighted by Crippen LogP contribution is -2.44. The maximum absolute atomic E-state index is 6.22. The third kappa shape index (κ3) is 2.30. The Morgan fingerprint density at radius 3 is 2.25 bits per heavy atom. The van der Waals surface area contributed by atoms with Crippen molar-refractivity contribution < 1.29 is 0 Å². The van der Waals surface area contributed by atoms with Gasteiger partial charge < -0.3 is 5.73 Å². The molecule has 2 atom stereocenters. The first kappa shape index (κ1) is 11.7. The number of nitrogens with two attached hydrogens (primary N) is 1. The zero-order valence-corrected chi connectivity index (χ0v) is 10.7. The van der Waals surface area contributed by atoms with Crippen molar-refractivity contribution in [1.29, 1.82) is 0 Å². The minimum atomic E-state index is 0.252. The van der Waals surface area contributed by atoms with Crippen LogP contribution < -0.4 is 5.73 Å². The highest BCUT2D eigenvalue weighted by molar-refractivity contribution is 5.26. The van der Waals surface area contributed by atoms with Gasteiger partial charge in [0.05, 0.1) is 0 Å². The van der Waals surface area contributed by atoms with E-state index in [4.69, 9.17) is 5.73 Å². The Morgan fingerprint density at radius 2 is 1.69 bits per heavy atom. The number of hydrogen-bond acceptors (Lipinski definition) is 1. The van der Waals surface area contributed by atoms with Gasteiger partial charge in [-0.15, -0.1) is 0 Å². The summed E-state index contributed by atoms with van der Waals surface area (Å²) < 4.78 is 0. The fourth-order valence-electron chi connectivity index (χ4n) is 3.62. The van der Waals surface area contributed by atoms with Crippen LogP contribution >= 0.6 is 0 Å². The molecule has 1 saturated carbocycles. The molecule has 1 nitrogen and oxygen atoms in total. The van der Waals surface area contributed by atoms with Crippen LogP contribution in [0.2, 0.25) is 0 Å². The van der Waals surface area contributed by atoms with Crippen molar-refractivity contribution in [2.45, 2.75) is 51.5 Å². The second kappa shape index (κ2) is 3.89. The lowest BCUT2D eigenvalue weighted by Gasteiger charge is -2.46. The van der Waals surface area contributed by atoms with Gasteiger partial charge in [0.1, 0.15) is 0 Å². The van der Waals surface area contributed by atoms with E-state index in [2.05, 4.69) is 51.1 Å². The van der Waals surface area contributed by atoms with Gasteiger partial charge >= 0.3 is 0 Å². The molecule has 0 bridgehead atoms. The molecule has 0 radical (unpaired) electrons. The molecular formula is C15H23N. The summed E-state index contributed by atoms with van der Waals surface area (Å²) in [5.41, 5.74) is 8.28. The van der Waals surface area contributed by atoms with Crippen LogP contribution in [-0.2, 0) is 5.41 Å². The largest absolute Gasteiger partial charge is 0.328 e. The Balaban J connectivity index is 2.31. The molecular weight excluding hydrogens is 194 g/mol. The van der Waals surface area contributed by atoms with Gasteiger partial charge in [0.15, 0.2) is 0 Å². The molecule has 0 spiro atoms. The van der Waals surface area contributed by atoms with E-state index in [1.807, 2.05) is 0 Å². The van der Waals surface area contributed by atoms with Gasteiger partial charge in [0.25, 0.3) is 0 Å². The van der Waals surface area contributed by atoms with Crippen molar-refractivity contribution in [2.24, 2.45) is 11.1 Å². The van der Waals surface area contributed by atoms with E-state index < -0.39 is 0 Å². The fraction of sp³-hybridized carbons (Fsp3) is 0.600. The van der Waals surface area contributed by atoms with Gasteiger partial charge in [0, 0.05) is 6.04 Å². The molecule has 88 valence electrons. The zero-order chi connectivity index (χ0) is 11.8. The van der Waals surface area contributed by atoms with Crippen LogP contribution in [0, 0.1) is 5.41 Å². The molecule has 1 aliphatic carbocycles. The Kier molecular flexibility index (Phi) is 2.83. The van der Waals surface area contributed by atoms with Crippen LogP contribution in [0.15, 0.2) is 30.3 Å². The number of rotatable bonds is 1. The Hall–Kier alpha value is -0.820. The first-order chi connectivity index (χ1) is 7.41. The van der Waals surface area contributed by atoms with E-state index in [1.165, 1.54) is 12.0 Å². The zero-order valence-electron chi connectivity index (χ0n) is 10.7. The molecule has 1 aliphatic rings. The van der Waals surface area contributed by atoms with Crippen LogP contribution in [0.1, 0.15) is 45.6 Å². The first-order valence-electron chi connectivity index (χ1n) is 6.22. The van der Waals surface area contributed by atoms with Crippen molar-refractivity contribution in [1.82, 2.24) is 0 Å². The SMILES string of the molecule is CC1(C)CC(N)CC(C)(c2ccccc2)C1. The molecule has 1 aromatic rings. The van der Waals surface area contributed by atoms with Crippen LogP contribution in [0.25, 0.3) is 0 Å². The lowest BCUT2D eigenvalue weighted by molar-refractivity contribution is 0.140. The van der Waals surface area contributed by atoms with E-state index in [0.29, 0.717) is 11.5 Å². The van der Waals surface area contributed by atoms with Crippen molar-refractivity contribution in [3.63, 3.8) is 0 Å². The predicted molar refractivity (Wildman–Crippen MR) is 69.4 cm³/mol. The molecule has 0 saturated heterocycles. The van der Waals surface area contributed by atoms with Gasteiger partial charge in [0.2, 0.25) is 0 Å². The number of benzene rings is 1. The summed E-state index contributed by atoms with van der Waals surface area (Å²) in [6.07, 6.45) is 3.49. The van der Waals surface area contributed by atoms with E-state index in [0.717, 1.165) is 12.8 Å². The van der Waals surface area contributed by atoms with Gasteiger partial charge in [-0.1, -0.05) is 51.1 Å². The summed E-state index contributed by atoms with van der Waals surface area (Å²) in [6.45, 7) is 7.05. The maximum atomic E-state index is 6.22. The minimum Gasteiger partial charge on any atom is -0.328 e. The second-order valence-corrected chi connectivity index (χ2v) is 6.44. The third-order valence-corrected chi connectivity index (χ3v) is 3.87. The fourth-order valence-corrected chi connectivity index (χ4v) is 3.62. The summed E-state index contributed by atoms with van der Waals surface area (Å²) >= 11 is 0. The molecule has 2 N–H and O–H groups in total. The molecule has 1 heteroatoms. The van der Waals surface area contributed by atoms with Gasteiger partial charge in [-0.2, -0.15) is 0 Å². The molecule has 0 aliphatic heterocycles. The highest BCUT2D eigenvalue weighted by Gasteiger charge is 2.40. The molecule has 1 aromatic carbocycles. The summed E-state index contributed by atoms with van der Waals surface area (Å²) in [4.78, 5) is 0. The average molecular weight is 217 g/mol. The van der Waals surface area contributed by atoms with Gasteiger partial charge in [-0.25, -0.2) is 0 Å². The first-order valence-corrected chi connectivity index (χ1v) is 6.22. The Morgan fingerprint density at radius 1 is 1.06 bits per heavy atom. The summed E-state index contributed by atoms with van der Waals surface area (Å²) in [5, 5.41) is 0. The molecule has 0 aromatic heterocycles. The smallest absolute Gasteiger partial charge is 0.00523 e. The van der Waals surface area contributed by atoms with Crippen molar-refractivity contribution in [2.75, 3.05) is 0 Å². The van der Waals surface area contributed by atoms with E-state index in [9.17, 15) is 0 Å². The molecule has 2 rings (SSSR count). The molecule has 1 fully saturated rings. The van der Waals surface area contributed by atoms with E-state index >= 15 is 0 Å². The number of hydrogen-bond donors (Lipinski definition) is 1. The van der Waals surface area contributed by atoms with Crippen LogP contribution in [0.3, 0.4) is 0 Å². The molecule has 16 heavy (non-hydrogen) atoms. The monoisotopic (exact) mass is 217 g/mol. The molecule has 0 amide bonds. The topological polar surface area (TPSA) is 26.0 Å². The van der Waals surface area contributed by atoms with Crippen LogP contribution in [0.4, 0.5) is 0 Å². The Labute approximate surface area is 99.0 Å². The van der Waals surface area contributed by atoms with E-state index in [1.54, 1.807) is 0 Å². The van der Waals surface area contributed by atoms with Crippen LogP contribution in [0.5, 0.6) is 0 Å². The highest BCUT2D eigenvalue weighted by atomic mass is 14.7. The molecule has 2 unspecified atom stereocenters. The van der Waals surface area contributed by atoms with Crippen molar-refractivity contribution in [3.05, 3.63) is 35.9 Å². The van der Waals surface area contributed by atoms with Crippen molar-refractivity contribution in [3.8, 4) is 0 Å². The van der Waals surface area contributed by atoms with Crippen molar-refractivity contribution >= 4 is 0 Å². The predicted octanol–water partition coefficient (Wildman–Crippen LogP) is 3.48. The molecule has 0 heterocycles. The quantitative estimate of drug-likeness (QED) is 0.765. The summed E-state index contributed by atoms with van der Waals surface area (Å²) in [5.74, 6) is 0. The summed E-state index contributed by atoms with van der Waals surface area (Å²) in [7, 11) is 0. The highest BCUT2D eigenvalue weighted by Crippen LogP contribution is 2.46. The minimum absolute atomic E-state index is 0.252. The third-order valence-electron chi connectivity index (χ3n) is 3.87. The van der Waals surface area contributed by atoms with Gasteiger partial charge in [-0.3, -0.25) is 0 Å². The lowest BCUT2D eigenvalue weighted by atomic mass is 9.60. The average Bonchev–Trinajstić information content (AvgIpc) is 2.15. The Bertz CT molecular complexity index is 355. The second-order valence-electron chi connectivity index (χ2n) is 6.44. The summed E-state index contributed by atoms with van der Waals surface area (Å²) in [6, 6.07) is 11.2.